The number of amides is 2. The van der Waals surface area contributed by atoms with Crippen LogP contribution in [0, 0.1) is 0 Å². The van der Waals surface area contributed by atoms with Crippen LogP contribution in [0.3, 0.4) is 0 Å². The first-order valence-electron chi connectivity index (χ1n) is 8.91. The van der Waals surface area contributed by atoms with E-state index in [0.717, 1.165) is 17.3 Å². The van der Waals surface area contributed by atoms with Crippen molar-refractivity contribution in [3.8, 4) is 0 Å². The maximum Gasteiger partial charge on any atom is 0.243 e. The number of carboxylic acids is 2. The van der Waals surface area contributed by atoms with Gasteiger partial charge in [-0.1, -0.05) is 35.5 Å². The van der Waals surface area contributed by atoms with Crippen molar-refractivity contribution in [3.63, 3.8) is 0 Å². The molecule has 164 valence electrons. The topological polar surface area (TPSA) is 199 Å². The molecule has 0 saturated carbocycles. The molecular formula is C18H23N4O7S-. The van der Waals surface area contributed by atoms with Crippen molar-refractivity contribution in [2.45, 2.75) is 31.3 Å². The second-order valence-corrected chi connectivity index (χ2v) is 7.32. The minimum Gasteiger partial charge on any atom is -0.548 e. The highest BCUT2D eigenvalue weighted by Crippen LogP contribution is 2.13. The van der Waals surface area contributed by atoms with E-state index in [0.29, 0.717) is 0 Å². The van der Waals surface area contributed by atoms with E-state index in [4.69, 9.17) is 0 Å². The third-order valence-corrected chi connectivity index (χ3v) is 4.90. The van der Waals surface area contributed by atoms with Gasteiger partial charge in [-0.3, -0.25) is 9.59 Å². The van der Waals surface area contributed by atoms with Crippen molar-refractivity contribution in [1.82, 2.24) is 10.6 Å². The van der Waals surface area contributed by atoms with Gasteiger partial charge in [-0.2, -0.15) is 0 Å². The van der Waals surface area contributed by atoms with E-state index in [9.17, 15) is 34.6 Å². The number of nitrogens with one attached hydrogen (secondary N) is 2. The van der Waals surface area contributed by atoms with E-state index in [1.165, 1.54) is 0 Å². The highest BCUT2D eigenvalue weighted by Gasteiger charge is 2.22. The molecule has 0 aliphatic heterocycles. The molecule has 11 nitrogen and oxygen atoms in total. The van der Waals surface area contributed by atoms with Crippen LogP contribution in [0.5, 0.6) is 0 Å². The summed E-state index contributed by atoms with van der Waals surface area (Å²) < 4.78 is 0. The van der Waals surface area contributed by atoms with Crippen molar-refractivity contribution >= 4 is 40.6 Å². The van der Waals surface area contributed by atoms with E-state index < -0.39 is 42.4 Å². The van der Waals surface area contributed by atoms with Gasteiger partial charge in [0.25, 0.3) is 0 Å². The number of rotatable bonds is 12. The summed E-state index contributed by atoms with van der Waals surface area (Å²) in [6, 6.07) is 6.86. The molecule has 0 spiro atoms. The van der Waals surface area contributed by atoms with Crippen LogP contribution in [0.4, 0.5) is 0 Å². The number of oxime groups is 1. The van der Waals surface area contributed by atoms with Gasteiger partial charge in [0.15, 0.2) is 0 Å². The molecule has 2 unspecified atom stereocenters. The lowest BCUT2D eigenvalue weighted by molar-refractivity contribution is -0.438. The van der Waals surface area contributed by atoms with Crippen LogP contribution in [-0.4, -0.2) is 58.4 Å². The number of hydrogen-bond acceptors (Lipinski definition) is 9. The third kappa shape index (κ3) is 9.89. The number of carboxylic acid groups (broad SMARTS) is 2. The standard InChI is InChI=1S/C18H24N4O7S/c19-12(18(27)28)6-7-14(23)21-13(17(26)20-9-16(24)25)10-30-15(22-29)8-11-4-2-1-3-5-11/h1-5,12-13,29H,6-10,19H2,(H,20,26)(H,21,23)(H,24,25)(H,27,28)/p-1/b22-15-. The van der Waals surface area contributed by atoms with Crippen LogP contribution >= 0.6 is 11.8 Å². The highest BCUT2D eigenvalue weighted by molar-refractivity contribution is 8.14. The van der Waals surface area contributed by atoms with Crippen LogP contribution in [0.1, 0.15) is 18.4 Å². The summed E-state index contributed by atoms with van der Waals surface area (Å²) >= 11 is 1.00. The Morgan fingerprint density at radius 2 is 1.83 bits per heavy atom. The van der Waals surface area contributed by atoms with Crippen LogP contribution in [0.2, 0.25) is 0 Å². The monoisotopic (exact) mass is 439 g/mol. The molecule has 0 radical (unpaired) electrons. The van der Waals surface area contributed by atoms with E-state index in [2.05, 4.69) is 21.5 Å². The molecule has 0 aliphatic rings. The summed E-state index contributed by atoms with van der Waals surface area (Å²) in [6.07, 6.45) is -0.0216. The molecule has 1 aromatic rings. The number of nitrogens with zero attached hydrogens (tertiary/aromatic N) is 1. The van der Waals surface area contributed by atoms with Crippen LogP contribution < -0.4 is 26.6 Å². The smallest absolute Gasteiger partial charge is 0.243 e. The Hall–Kier alpha value is -3.12. The van der Waals surface area contributed by atoms with E-state index in [-0.39, 0.29) is 30.1 Å². The second-order valence-electron chi connectivity index (χ2n) is 6.23. The van der Waals surface area contributed by atoms with Crippen LogP contribution in [0.15, 0.2) is 35.5 Å². The summed E-state index contributed by atoms with van der Waals surface area (Å²) in [6.45, 7) is -0.744. The number of aliphatic carboxylic acids is 2. The molecule has 0 aliphatic carbocycles. The molecule has 0 fully saturated rings. The summed E-state index contributed by atoms with van der Waals surface area (Å²) in [7, 11) is 0. The Labute approximate surface area is 176 Å². The van der Waals surface area contributed by atoms with Crippen LogP contribution in [0.25, 0.3) is 0 Å². The Balaban J connectivity index is 2.71. The van der Waals surface area contributed by atoms with Gasteiger partial charge >= 0.3 is 0 Å². The second kappa shape index (κ2) is 13.2. The lowest BCUT2D eigenvalue weighted by Crippen LogP contribution is -2.68. The molecule has 0 saturated heterocycles. The highest BCUT2D eigenvalue weighted by atomic mass is 32.2. The van der Waals surface area contributed by atoms with E-state index in [1.807, 2.05) is 30.3 Å². The number of benzene rings is 1. The largest absolute Gasteiger partial charge is 0.548 e. The molecule has 30 heavy (non-hydrogen) atoms. The number of hydrogen-bond donors (Lipinski definition) is 4. The Kier molecular flexibility index (Phi) is 10.9. The Morgan fingerprint density at radius 3 is 2.40 bits per heavy atom. The average molecular weight is 439 g/mol. The minimum absolute atomic E-state index is 0.0505. The van der Waals surface area contributed by atoms with E-state index >= 15 is 0 Å². The normalized spacial score (nSPS) is 13.2. The molecule has 1 aromatic carbocycles. The zero-order chi connectivity index (χ0) is 22.5. The lowest BCUT2D eigenvalue weighted by atomic mass is 10.1. The predicted octanol–water partition coefficient (Wildman–Crippen LogP) is -3.76. The number of carbonyl (C=O) groups excluding carboxylic acids is 4. The van der Waals surface area contributed by atoms with Gasteiger partial charge in [-0.05, 0) is 5.56 Å². The fourth-order valence-corrected chi connectivity index (χ4v) is 3.14. The van der Waals surface area contributed by atoms with Gasteiger partial charge < -0.3 is 41.4 Å². The number of quaternary nitrogens is 1. The fourth-order valence-electron chi connectivity index (χ4n) is 2.22. The van der Waals surface area contributed by atoms with Gasteiger partial charge in [-0.15, -0.1) is 11.8 Å². The molecule has 6 N–H and O–H groups in total. The summed E-state index contributed by atoms with van der Waals surface area (Å²) in [5.41, 5.74) is 4.21. The number of thioether (sulfide) groups is 1. The average Bonchev–Trinajstić information content (AvgIpc) is 2.72. The van der Waals surface area contributed by atoms with Crippen molar-refractivity contribution in [1.29, 1.82) is 0 Å². The zero-order valence-corrected chi connectivity index (χ0v) is 16.9. The minimum atomic E-state index is -1.50. The summed E-state index contributed by atoms with van der Waals surface area (Å²) in [5, 5.41) is 38.5. The number of carbonyl (C=O) groups is 4. The molecule has 0 bridgehead atoms. The molecule has 2 atom stereocenters. The SMILES string of the molecule is [NH3+]C(CCC(=O)NC(CS/C(Cc1ccccc1)=N\O)C(=O)NCC(=O)[O-])C(=O)[O-]. The molecule has 0 aromatic heterocycles. The quantitative estimate of drug-likeness (QED) is 0.110. The lowest BCUT2D eigenvalue weighted by Gasteiger charge is -2.19. The van der Waals surface area contributed by atoms with Gasteiger partial charge in [0.2, 0.25) is 11.8 Å². The van der Waals surface area contributed by atoms with Crippen LogP contribution in [-0.2, 0) is 25.6 Å². The van der Waals surface area contributed by atoms with Crippen molar-refractivity contribution in [2.75, 3.05) is 12.3 Å². The van der Waals surface area contributed by atoms with E-state index in [1.54, 1.807) is 0 Å². The first-order valence-corrected chi connectivity index (χ1v) is 9.90. The van der Waals surface area contributed by atoms with Crippen molar-refractivity contribution in [3.05, 3.63) is 35.9 Å². The Bertz CT molecular complexity index is 773. The zero-order valence-electron chi connectivity index (χ0n) is 16.0. The first-order chi connectivity index (χ1) is 14.2. The first kappa shape index (κ1) is 24.9. The van der Waals surface area contributed by atoms with Gasteiger partial charge in [0.05, 0.1) is 18.5 Å². The fraction of sp³-hybridized carbons (Fsp3) is 0.389. The van der Waals surface area contributed by atoms with Gasteiger partial charge in [0.1, 0.15) is 17.1 Å². The maximum absolute atomic E-state index is 12.2. The molecule has 2 amide bonds. The molecular weight excluding hydrogens is 416 g/mol. The van der Waals surface area contributed by atoms with Gasteiger partial charge in [-0.25, -0.2) is 0 Å². The predicted molar refractivity (Wildman–Crippen MR) is 103 cm³/mol. The summed E-state index contributed by atoms with van der Waals surface area (Å²) in [4.78, 5) is 45.6. The maximum atomic E-state index is 12.2. The van der Waals surface area contributed by atoms with Crippen molar-refractivity contribution < 1.29 is 40.3 Å². The molecule has 12 heteroatoms. The third-order valence-electron chi connectivity index (χ3n) is 3.84. The summed E-state index contributed by atoms with van der Waals surface area (Å²) in [5.74, 6) is -4.35. The Morgan fingerprint density at radius 1 is 1.17 bits per heavy atom. The van der Waals surface area contributed by atoms with Gasteiger partial charge in [0, 0.05) is 25.0 Å². The molecule has 0 heterocycles. The van der Waals surface area contributed by atoms with Crippen molar-refractivity contribution in [2.24, 2.45) is 5.16 Å². The molecule has 1 rings (SSSR count).